The predicted octanol–water partition coefficient (Wildman–Crippen LogP) is 0.441. The van der Waals surface area contributed by atoms with Crippen LogP contribution in [0.3, 0.4) is 0 Å². The average Bonchev–Trinajstić information content (AvgIpc) is 1.81. The molecule has 0 fully saturated rings. The molecule has 0 atom stereocenters. The van der Waals surface area contributed by atoms with Crippen LogP contribution in [0.5, 0.6) is 0 Å². The van der Waals surface area contributed by atoms with Gasteiger partial charge >= 0.3 is 0 Å². The molecule has 0 aromatic rings. The lowest BCUT2D eigenvalue weighted by Crippen LogP contribution is -2.12. The van der Waals surface area contributed by atoms with E-state index >= 15 is 0 Å². The Bertz CT molecular complexity index is 77.0. The molecular formula is C5H10N2O. The van der Waals surface area contributed by atoms with Crippen LogP contribution in [0.4, 0.5) is 0 Å². The first-order valence-electron chi connectivity index (χ1n) is 2.54. The molecule has 0 aliphatic carbocycles. The Balaban J connectivity index is 2.65. The van der Waals surface area contributed by atoms with Crippen LogP contribution in [-0.4, -0.2) is 13.7 Å². The second-order valence-corrected chi connectivity index (χ2v) is 1.36. The minimum absolute atomic E-state index is 0.594. The van der Waals surface area contributed by atoms with Gasteiger partial charge in [0.2, 0.25) is 0 Å². The molecular weight excluding hydrogens is 104 g/mol. The Hall–Kier alpha value is -0.590. The van der Waals surface area contributed by atoms with Gasteiger partial charge in [0.15, 0.2) is 0 Å². The lowest BCUT2D eigenvalue weighted by molar-refractivity contribution is 0.0913. The SMILES string of the molecule is CONCCCC#N. The molecule has 1 N–H and O–H groups in total. The maximum Gasteiger partial charge on any atom is 0.0622 e. The van der Waals surface area contributed by atoms with Crippen molar-refractivity contribution >= 4 is 0 Å². The van der Waals surface area contributed by atoms with Crippen molar-refractivity contribution in [2.75, 3.05) is 13.7 Å². The van der Waals surface area contributed by atoms with Crippen LogP contribution in [-0.2, 0) is 4.84 Å². The van der Waals surface area contributed by atoms with Gasteiger partial charge in [-0.3, -0.25) is 0 Å². The van der Waals surface area contributed by atoms with Gasteiger partial charge in [0.1, 0.15) is 0 Å². The van der Waals surface area contributed by atoms with Gasteiger partial charge in [0.05, 0.1) is 13.2 Å². The standard InChI is InChI=1S/C5H10N2O/c1-8-7-5-3-2-4-6/h7H,2-3,5H2,1H3. The van der Waals surface area contributed by atoms with E-state index in [-0.39, 0.29) is 0 Å². The molecule has 0 aromatic carbocycles. The maximum absolute atomic E-state index is 8.05. The van der Waals surface area contributed by atoms with Crippen LogP contribution in [0.1, 0.15) is 12.8 Å². The molecule has 3 heteroatoms. The zero-order valence-corrected chi connectivity index (χ0v) is 4.98. The summed E-state index contributed by atoms with van der Waals surface area (Å²) in [5.41, 5.74) is 2.63. The summed E-state index contributed by atoms with van der Waals surface area (Å²) < 4.78 is 0. The number of nitrogens with zero attached hydrogens (tertiary/aromatic N) is 1. The summed E-state index contributed by atoms with van der Waals surface area (Å²) in [4.78, 5) is 4.53. The molecule has 0 unspecified atom stereocenters. The maximum atomic E-state index is 8.05. The summed E-state index contributed by atoms with van der Waals surface area (Å²) in [5, 5.41) is 8.05. The number of nitrogens with one attached hydrogen (secondary N) is 1. The summed E-state index contributed by atoms with van der Waals surface area (Å²) in [7, 11) is 1.56. The fourth-order valence-corrected chi connectivity index (χ4v) is 0.342. The lowest BCUT2D eigenvalue weighted by atomic mass is 10.3. The van der Waals surface area contributed by atoms with Gasteiger partial charge in [-0.2, -0.15) is 5.26 Å². The van der Waals surface area contributed by atoms with Crippen molar-refractivity contribution in [2.24, 2.45) is 0 Å². The first kappa shape index (κ1) is 7.41. The molecule has 0 rings (SSSR count). The highest BCUT2D eigenvalue weighted by Crippen LogP contribution is 1.80. The summed E-state index contributed by atoms with van der Waals surface area (Å²) in [6.45, 7) is 0.754. The van der Waals surface area contributed by atoms with Crippen LogP contribution < -0.4 is 5.48 Å². The summed E-state index contributed by atoms with van der Waals surface area (Å²) in [6.07, 6.45) is 1.45. The predicted molar refractivity (Wildman–Crippen MR) is 29.9 cm³/mol. The van der Waals surface area contributed by atoms with Crippen molar-refractivity contribution in [3.8, 4) is 6.07 Å². The fraction of sp³-hybridized carbons (Fsp3) is 0.800. The van der Waals surface area contributed by atoms with Crippen LogP contribution in [0.25, 0.3) is 0 Å². The van der Waals surface area contributed by atoms with Crippen molar-refractivity contribution in [2.45, 2.75) is 12.8 Å². The van der Waals surface area contributed by atoms with Crippen LogP contribution >= 0.6 is 0 Å². The van der Waals surface area contributed by atoms with Gasteiger partial charge in [0.25, 0.3) is 0 Å². The number of hydroxylamine groups is 1. The monoisotopic (exact) mass is 114 g/mol. The molecule has 0 aromatic heterocycles. The molecule has 0 spiro atoms. The van der Waals surface area contributed by atoms with E-state index in [1.54, 1.807) is 7.11 Å². The summed E-state index contributed by atoms with van der Waals surface area (Å²) in [5.74, 6) is 0. The van der Waals surface area contributed by atoms with Crippen LogP contribution in [0, 0.1) is 11.3 Å². The highest BCUT2D eigenvalue weighted by molar-refractivity contribution is 4.67. The van der Waals surface area contributed by atoms with E-state index in [0.29, 0.717) is 6.42 Å². The highest BCUT2D eigenvalue weighted by Gasteiger charge is 1.81. The smallest absolute Gasteiger partial charge is 0.0622 e. The van der Waals surface area contributed by atoms with E-state index in [0.717, 1.165) is 13.0 Å². The van der Waals surface area contributed by atoms with Crippen molar-refractivity contribution < 1.29 is 4.84 Å². The van der Waals surface area contributed by atoms with Gasteiger partial charge < -0.3 is 4.84 Å². The van der Waals surface area contributed by atoms with Gasteiger partial charge in [-0.1, -0.05) is 0 Å². The third-order valence-corrected chi connectivity index (χ3v) is 0.712. The summed E-state index contributed by atoms with van der Waals surface area (Å²) >= 11 is 0. The molecule has 8 heavy (non-hydrogen) atoms. The number of nitriles is 1. The number of unbranched alkanes of at least 4 members (excludes halogenated alkanes) is 1. The van der Waals surface area contributed by atoms with E-state index in [1.165, 1.54) is 0 Å². The molecule has 0 bridgehead atoms. The molecule has 0 radical (unpaired) electrons. The minimum atomic E-state index is 0.594. The Kier molecular flexibility index (Phi) is 5.94. The largest absolute Gasteiger partial charge is 0.305 e. The molecule has 0 saturated heterocycles. The van der Waals surface area contributed by atoms with E-state index in [2.05, 4.69) is 10.3 Å². The molecule has 0 heterocycles. The van der Waals surface area contributed by atoms with E-state index < -0.39 is 0 Å². The Labute approximate surface area is 49.2 Å². The van der Waals surface area contributed by atoms with E-state index in [1.807, 2.05) is 6.07 Å². The van der Waals surface area contributed by atoms with E-state index in [9.17, 15) is 0 Å². The third kappa shape index (κ3) is 5.41. The second-order valence-electron chi connectivity index (χ2n) is 1.36. The number of hydrogen-bond donors (Lipinski definition) is 1. The summed E-state index contributed by atoms with van der Waals surface area (Å²) in [6, 6.07) is 2.03. The average molecular weight is 114 g/mol. The Morgan fingerprint density at radius 2 is 2.50 bits per heavy atom. The molecule has 0 amide bonds. The zero-order chi connectivity index (χ0) is 6.24. The first-order valence-corrected chi connectivity index (χ1v) is 2.54. The number of hydrogen-bond acceptors (Lipinski definition) is 3. The van der Waals surface area contributed by atoms with Gasteiger partial charge in [-0.15, -0.1) is 0 Å². The Morgan fingerprint density at radius 3 is 3.00 bits per heavy atom. The van der Waals surface area contributed by atoms with E-state index in [4.69, 9.17) is 5.26 Å². The number of rotatable bonds is 4. The normalized spacial score (nSPS) is 8.50. The van der Waals surface area contributed by atoms with Crippen molar-refractivity contribution in [3.63, 3.8) is 0 Å². The van der Waals surface area contributed by atoms with Crippen molar-refractivity contribution in [1.82, 2.24) is 5.48 Å². The quantitative estimate of drug-likeness (QED) is 0.426. The third-order valence-electron chi connectivity index (χ3n) is 0.712. The van der Waals surface area contributed by atoms with Crippen LogP contribution in [0.2, 0.25) is 0 Å². The molecule has 3 nitrogen and oxygen atoms in total. The molecule has 0 aliphatic heterocycles. The van der Waals surface area contributed by atoms with Gasteiger partial charge in [0, 0.05) is 13.0 Å². The van der Waals surface area contributed by atoms with Gasteiger partial charge in [-0.25, -0.2) is 5.48 Å². The van der Waals surface area contributed by atoms with Crippen molar-refractivity contribution in [3.05, 3.63) is 0 Å². The van der Waals surface area contributed by atoms with Crippen LogP contribution in [0.15, 0.2) is 0 Å². The first-order chi connectivity index (χ1) is 3.91. The topological polar surface area (TPSA) is 45.0 Å². The van der Waals surface area contributed by atoms with Gasteiger partial charge in [-0.05, 0) is 6.42 Å². The fourth-order valence-electron chi connectivity index (χ4n) is 0.342. The van der Waals surface area contributed by atoms with Crippen molar-refractivity contribution in [1.29, 1.82) is 5.26 Å². The lowest BCUT2D eigenvalue weighted by Gasteiger charge is -1.95. The second kappa shape index (κ2) is 6.41. The molecule has 0 saturated carbocycles. The molecule has 0 aliphatic rings. The highest BCUT2D eigenvalue weighted by atomic mass is 16.6. The zero-order valence-electron chi connectivity index (χ0n) is 4.98. The molecule has 46 valence electrons. The Morgan fingerprint density at radius 1 is 1.75 bits per heavy atom. The minimum Gasteiger partial charge on any atom is -0.305 e.